The van der Waals surface area contributed by atoms with E-state index in [4.69, 9.17) is 0 Å². The highest BCUT2D eigenvalue weighted by Gasteiger charge is 1.96. The lowest BCUT2D eigenvalue weighted by Gasteiger charge is -2.03. The maximum absolute atomic E-state index is 4.15. The molecule has 0 N–H and O–H groups in total. The molecule has 0 heterocycles. The lowest BCUT2D eigenvalue weighted by atomic mass is 10.0. The van der Waals surface area contributed by atoms with E-state index in [0.29, 0.717) is 0 Å². The van der Waals surface area contributed by atoms with E-state index in [-0.39, 0.29) is 14.9 Å². The van der Waals surface area contributed by atoms with Crippen LogP contribution < -0.4 is 10.4 Å². The number of benzene rings is 1. The van der Waals surface area contributed by atoms with Gasteiger partial charge in [-0.05, 0) is 42.3 Å². The van der Waals surface area contributed by atoms with Crippen molar-refractivity contribution in [3.8, 4) is 0 Å². The van der Waals surface area contributed by atoms with Crippen LogP contribution >= 0.6 is 0 Å². The van der Waals surface area contributed by atoms with E-state index in [9.17, 15) is 0 Å². The van der Waals surface area contributed by atoms with Crippen molar-refractivity contribution in [3.63, 3.8) is 0 Å². The summed E-state index contributed by atoms with van der Waals surface area (Å²) in [7, 11) is 0. The summed E-state index contributed by atoms with van der Waals surface area (Å²) in [5.74, 6) is 0. The van der Waals surface area contributed by atoms with Gasteiger partial charge in [0.15, 0.2) is 0 Å². The minimum Gasteiger partial charge on any atom is -0.0988 e. The minimum atomic E-state index is 0. The summed E-state index contributed by atoms with van der Waals surface area (Å²) < 4.78 is 0. The molecule has 0 bridgehead atoms. The van der Waals surface area contributed by atoms with Crippen molar-refractivity contribution in [2.75, 3.05) is 0 Å². The number of rotatable bonds is 3. The van der Waals surface area contributed by atoms with Crippen molar-refractivity contribution in [3.05, 3.63) is 64.1 Å². The van der Waals surface area contributed by atoms with Crippen LogP contribution in [0.4, 0.5) is 0 Å². The Hall–Kier alpha value is -1.82. The zero-order valence-corrected chi connectivity index (χ0v) is 11.0. The normalized spacial score (nSPS) is 11.9. The highest BCUT2D eigenvalue weighted by molar-refractivity contribution is 5.59. The van der Waals surface area contributed by atoms with Crippen molar-refractivity contribution in [1.29, 1.82) is 0 Å². The van der Waals surface area contributed by atoms with Crippen LogP contribution in [0.2, 0.25) is 0 Å². The van der Waals surface area contributed by atoms with E-state index in [1.807, 2.05) is 25.2 Å². The molecule has 0 fully saturated rings. The predicted octanol–water partition coefficient (Wildman–Crippen LogP) is 4.62. The van der Waals surface area contributed by atoms with E-state index in [0.717, 1.165) is 10.8 Å². The Labute approximate surface area is 119 Å². The average Bonchev–Trinajstić information content (AvgIpc) is 2.34. The van der Waals surface area contributed by atoms with E-state index in [2.05, 4.69) is 51.3 Å². The third kappa shape index (κ3) is 5.13. The third-order valence-corrected chi connectivity index (χ3v) is 2.85. The molecule has 0 nitrogen and oxygen atoms in total. The van der Waals surface area contributed by atoms with Gasteiger partial charge in [-0.25, -0.2) is 0 Å². The Balaban J connectivity index is 0. The standard InChI is InChI=1S/C17H20.2CH4/c1-6-8-9-16-10-11-17(12-13(3)7-2)15(5)14(16)4;;/h6-12H,2,4H2,1,3,5H3;2*1H4/b8-6-,13-12-,16-9-;;. The van der Waals surface area contributed by atoms with Crippen LogP contribution in [0.1, 0.15) is 39.8 Å². The molecule has 104 valence electrons. The minimum absolute atomic E-state index is 0. The molecule has 0 saturated carbocycles. The first-order valence-electron chi connectivity index (χ1n) is 5.82. The molecule has 0 unspecified atom stereocenters. The van der Waals surface area contributed by atoms with Gasteiger partial charge in [-0.3, -0.25) is 0 Å². The fraction of sp³-hybridized carbons (Fsp3) is 0.263. The topological polar surface area (TPSA) is 0 Å². The molecule has 1 aromatic rings. The lowest BCUT2D eigenvalue weighted by Crippen LogP contribution is -2.26. The first-order valence-corrected chi connectivity index (χ1v) is 5.82. The Morgan fingerprint density at radius 2 is 1.84 bits per heavy atom. The number of allylic oxidation sites excluding steroid dienone is 4. The van der Waals surface area contributed by atoms with Gasteiger partial charge >= 0.3 is 0 Å². The van der Waals surface area contributed by atoms with E-state index in [1.54, 1.807) is 0 Å². The van der Waals surface area contributed by atoms with Crippen molar-refractivity contribution in [2.45, 2.75) is 35.6 Å². The number of hydrogen-bond donors (Lipinski definition) is 0. The molecule has 0 aliphatic carbocycles. The zero-order chi connectivity index (χ0) is 12.8. The Bertz CT molecular complexity index is 569. The van der Waals surface area contributed by atoms with Crippen LogP contribution in [0.15, 0.2) is 42.5 Å². The zero-order valence-electron chi connectivity index (χ0n) is 11.0. The molecule has 0 spiro atoms. The van der Waals surface area contributed by atoms with E-state index in [1.165, 1.54) is 16.3 Å². The van der Waals surface area contributed by atoms with Gasteiger partial charge in [0.25, 0.3) is 0 Å². The molecule has 1 rings (SSSR count). The molecule has 19 heavy (non-hydrogen) atoms. The van der Waals surface area contributed by atoms with Gasteiger partial charge in [0.2, 0.25) is 0 Å². The molecule has 0 radical (unpaired) electrons. The van der Waals surface area contributed by atoms with Crippen molar-refractivity contribution >= 4 is 18.7 Å². The maximum atomic E-state index is 4.15. The molecular weight excluding hydrogens is 228 g/mol. The SMILES string of the molecule is C.C.C=C/C(C)=C\c1cc/c(=C/C=C\C)c(=C)c1C. The summed E-state index contributed by atoms with van der Waals surface area (Å²) in [5, 5.41) is 2.27. The monoisotopic (exact) mass is 256 g/mol. The van der Waals surface area contributed by atoms with Crippen molar-refractivity contribution < 1.29 is 0 Å². The summed E-state index contributed by atoms with van der Waals surface area (Å²) in [4.78, 5) is 0. The van der Waals surface area contributed by atoms with Gasteiger partial charge in [0.1, 0.15) is 0 Å². The van der Waals surface area contributed by atoms with Gasteiger partial charge in [0, 0.05) is 0 Å². The molecule has 0 aliphatic heterocycles. The van der Waals surface area contributed by atoms with Crippen molar-refractivity contribution in [1.82, 2.24) is 0 Å². The predicted molar refractivity (Wildman–Crippen MR) is 92.5 cm³/mol. The summed E-state index contributed by atoms with van der Waals surface area (Å²) >= 11 is 0. The average molecular weight is 256 g/mol. The fourth-order valence-corrected chi connectivity index (χ4v) is 1.61. The van der Waals surface area contributed by atoms with Gasteiger partial charge < -0.3 is 0 Å². The highest BCUT2D eigenvalue weighted by Crippen LogP contribution is 2.07. The van der Waals surface area contributed by atoms with Gasteiger partial charge in [-0.2, -0.15) is 0 Å². The first-order chi connectivity index (χ1) is 8.10. The molecule has 0 amide bonds. The van der Waals surface area contributed by atoms with Gasteiger partial charge in [-0.15, -0.1) is 0 Å². The third-order valence-electron chi connectivity index (χ3n) is 2.85. The molecule has 0 heteroatoms. The summed E-state index contributed by atoms with van der Waals surface area (Å²) in [6.07, 6.45) is 10.1. The smallest absolute Gasteiger partial charge is 0.0187 e. The fourth-order valence-electron chi connectivity index (χ4n) is 1.61. The summed E-state index contributed by atoms with van der Waals surface area (Å²) in [6, 6.07) is 4.24. The second kappa shape index (κ2) is 9.16. The lowest BCUT2D eigenvalue weighted by molar-refractivity contribution is 1.35. The second-order valence-electron chi connectivity index (χ2n) is 4.13. The molecule has 0 aromatic heterocycles. The van der Waals surface area contributed by atoms with Crippen LogP contribution in [0, 0.1) is 6.92 Å². The van der Waals surface area contributed by atoms with Crippen LogP contribution in [-0.4, -0.2) is 0 Å². The van der Waals surface area contributed by atoms with Crippen LogP contribution in [-0.2, 0) is 0 Å². The molecular formula is C19H28. The molecule has 1 aromatic carbocycles. The Morgan fingerprint density at radius 1 is 1.21 bits per heavy atom. The maximum Gasteiger partial charge on any atom is -0.0187 e. The van der Waals surface area contributed by atoms with Crippen LogP contribution in [0.25, 0.3) is 18.7 Å². The Kier molecular flexibility index (Phi) is 9.41. The molecule has 0 atom stereocenters. The van der Waals surface area contributed by atoms with Crippen molar-refractivity contribution in [2.24, 2.45) is 0 Å². The molecule has 0 saturated heterocycles. The van der Waals surface area contributed by atoms with Gasteiger partial charge in [-0.1, -0.05) is 76.1 Å². The highest BCUT2D eigenvalue weighted by atomic mass is 14.0. The van der Waals surface area contributed by atoms with Gasteiger partial charge in [0.05, 0.1) is 0 Å². The quantitative estimate of drug-likeness (QED) is 0.692. The van der Waals surface area contributed by atoms with Crippen LogP contribution in [0.3, 0.4) is 0 Å². The largest absolute Gasteiger partial charge is 0.0988 e. The number of hydrogen-bond acceptors (Lipinski definition) is 0. The molecule has 0 aliphatic rings. The summed E-state index contributed by atoms with van der Waals surface area (Å²) in [5.41, 5.74) is 3.60. The first kappa shape index (κ1) is 19.5. The van der Waals surface area contributed by atoms with Crippen LogP contribution in [0.5, 0.6) is 0 Å². The van der Waals surface area contributed by atoms with E-state index < -0.39 is 0 Å². The summed E-state index contributed by atoms with van der Waals surface area (Å²) in [6.45, 7) is 14.1. The second-order valence-corrected chi connectivity index (χ2v) is 4.13. The Morgan fingerprint density at radius 3 is 2.37 bits per heavy atom. The van der Waals surface area contributed by atoms with E-state index >= 15 is 0 Å².